The molecule has 1 amide bonds. The van der Waals surface area contributed by atoms with Crippen LogP contribution in [0.4, 0.5) is 5.95 Å². The number of amides is 1. The average Bonchev–Trinajstić information content (AvgIpc) is 2.58. The molecule has 1 unspecified atom stereocenters. The predicted octanol–water partition coefficient (Wildman–Crippen LogP) is -1.10. The molecule has 2 heterocycles. The molecule has 1 atom stereocenters. The van der Waals surface area contributed by atoms with Crippen molar-refractivity contribution in [3.63, 3.8) is 0 Å². The Hall–Kier alpha value is -1.43. The number of anilines is 1. The highest BCUT2D eigenvalue weighted by Crippen LogP contribution is 2.15. The van der Waals surface area contributed by atoms with Crippen LogP contribution in [0.2, 0.25) is 0 Å². The van der Waals surface area contributed by atoms with Crippen molar-refractivity contribution >= 4 is 11.9 Å². The van der Waals surface area contributed by atoms with Crippen LogP contribution in [0.1, 0.15) is 6.42 Å². The minimum atomic E-state index is -0.581. The SMILES string of the molecule is O=C1CC(O)CN1c1ncn[nH]1. The summed E-state index contributed by atoms with van der Waals surface area (Å²) in [5, 5.41) is 15.3. The molecule has 0 radical (unpaired) electrons. The van der Waals surface area contributed by atoms with E-state index in [0.717, 1.165) is 0 Å². The predicted molar refractivity (Wildman–Crippen MR) is 39.4 cm³/mol. The lowest BCUT2D eigenvalue weighted by Crippen LogP contribution is -2.26. The Morgan fingerprint density at radius 1 is 1.75 bits per heavy atom. The molecule has 12 heavy (non-hydrogen) atoms. The lowest BCUT2D eigenvalue weighted by Gasteiger charge is -2.09. The first-order valence-electron chi connectivity index (χ1n) is 3.61. The van der Waals surface area contributed by atoms with E-state index in [9.17, 15) is 4.79 Å². The van der Waals surface area contributed by atoms with Gasteiger partial charge < -0.3 is 5.11 Å². The van der Waals surface area contributed by atoms with Crippen molar-refractivity contribution in [1.82, 2.24) is 15.2 Å². The van der Waals surface area contributed by atoms with Crippen molar-refractivity contribution in [3.8, 4) is 0 Å². The third-order valence-corrected chi connectivity index (χ3v) is 1.76. The highest BCUT2D eigenvalue weighted by atomic mass is 16.3. The Labute approximate surface area is 68.2 Å². The molecule has 0 saturated carbocycles. The monoisotopic (exact) mass is 168 g/mol. The van der Waals surface area contributed by atoms with Gasteiger partial charge in [-0.05, 0) is 0 Å². The topological polar surface area (TPSA) is 82.1 Å². The zero-order valence-electron chi connectivity index (χ0n) is 6.27. The van der Waals surface area contributed by atoms with Crippen LogP contribution in [0.3, 0.4) is 0 Å². The lowest BCUT2D eigenvalue weighted by molar-refractivity contribution is -0.117. The average molecular weight is 168 g/mol. The van der Waals surface area contributed by atoms with Gasteiger partial charge in [-0.2, -0.15) is 10.1 Å². The van der Waals surface area contributed by atoms with E-state index in [-0.39, 0.29) is 12.3 Å². The van der Waals surface area contributed by atoms with Crippen molar-refractivity contribution in [2.75, 3.05) is 11.4 Å². The van der Waals surface area contributed by atoms with Gasteiger partial charge in [0.25, 0.3) is 0 Å². The third kappa shape index (κ3) is 1.06. The molecule has 1 aliphatic rings. The quantitative estimate of drug-likeness (QED) is 0.557. The van der Waals surface area contributed by atoms with Crippen molar-refractivity contribution < 1.29 is 9.90 Å². The van der Waals surface area contributed by atoms with Crippen LogP contribution in [0, 0.1) is 0 Å². The van der Waals surface area contributed by atoms with Crippen LogP contribution in [0.15, 0.2) is 6.33 Å². The summed E-state index contributed by atoms with van der Waals surface area (Å²) in [7, 11) is 0. The first-order valence-corrected chi connectivity index (χ1v) is 3.61. The molecule has 64 valence electrons. The molecular formula is C6H8N4O2. The number of rotatable bonds is 1. The van der Waals surface area contributed by atoms with Crippen LogP contribution >= 0.6 is 0 Å². The minimum absolute atomic E-state index is 0.126. The van der Waals surface area contributed by atoms with Gasteiger partial charge in [0.05, 0.1) is 19.1 Å². The maximum absolute atomic E-state index is 11.2. The van der Waals surface area contributed by atoms with Crippen molar-refractivity contribution in [2.45, 2.75) is 12.5 Å². The number of nitrogens with one attached hydrogen (secondary N) is 1. The highest BCUT2D eigenvalue weighted by molar-refractivity contribution is 5.94. The van der Waals surface area contributed by atoms with E-state index in [4.69, 9.17) is 5.11 Å². The van der Waals surface area contributed by atoms with Gasteiger partial charge in [0.2, 0.25) is 11.9 Å². The molecule has 1 aromatic rings. The number of hydrogen-bond donors (Lipinski definition) is 2. The summed E-state index contributed by atoms with van der Waals surface area (Å²) < 4.78 is 0. The largest absolute Gasteiger partial charge is 0.391 e. The normalized spacial score (nSPS) is 23.6. The third-order valence-electron chi connectivity index (χ3n) is 1.76. The maximum atomic E-state index is 11.2. The summed E-state index contributed by atoms with van der Waals surface area (Å²) in [6.07, 6.45) is 0.913. The van der Waals surface area contributed by atoms with Crippen molar-refractivity contribution in [3.05, 3.63) is 6.33 Å². The maximum Gasteiger partial charge on any atom is 0.232 e. The van der Waals surface area contributed by atoms with E-state index in [2.05, 4.69) is 15.2 Å². The summed E-state index contributed by atoms with van der Waals surface area (Å²) >= 11 is 0. The van der Waals surface area contributed by atoms with Gasteiger partial charge >= 0.3 is 0 Å². The summed E-state index contributed by atoms with van der Waals surface area (Å²) in [5.41, 5.74) is 0. The number of nitrogens with zero attached hydrogens (tertiary/aromatic N) is 3. The second-order valence-electron chi connectivity index (χ2n) is 2.67. The molecule has 0 aromatic carbocycles. The number of aliphatic hydroxyl groups excluding tert-OH is 1. The molecule has 1 aromatic heterocycles. The number of aromatic amines is 1. The van der Waals surface area contributed by atoms with Crippen LogP contribution in [0.5, 0.6) is 0 Å². The fourth-order valence-corrected chi connectivity index (χ4v) is 1.22. The number of aromatic nitrogens is 3. The summed E-state index contributed by atoms with van der Waals surface area (Å²) in [4.78, 5) is 16.4. The van der Waals surface area contributed by atoms with Crippen LogP contribution in [-0.4, -0.2) is 38.8 Å². The van der Waals surface area contributed by atoms with Gasteiger partial charge in [-0.25, -0.2) is 5.10 Å². The minimum Gasteiger partial charge on any atom is -0.391 e. The molecule has 6 heteroatoms. The van der Waals surface area contributed by atoms with Gasteiger partial charge in [0.1, 0.15) is 6.33 Å². The number of aliphatic hydroxyl groups is 1. The van der Waals surface area contributed by atoms with Crippen LogP contribution in [0.25, 0.3) is 0 Å². The first kappa shape index (κ1) is 7.23. The Morgan fingerprint density at radius 3 is 3.08 bits per heavy atom. The zero-order valence-corrected chi connectivity index (χ0v) is 6.27. The molecule has 0 spiro atoms. The van der Waals surface area contributed by atoms with Gasteiger partial charge in [-0.15, -0.1) is 0 Å². The second kappa shape index (κ2) is 2.56. The second-order valence-corrected chi connectivity index (χ2v) is 2.67. The van der Waals surface area contributed by atoms with Crippen molar-refractivity contribution in [1.29, 1.82) is 0 Å². The summed E-state index contributed by atoms with van der Waals surface area (Å²) in [6, 6.07) is 0. The molecular weight excluding hydrogens is 160 g/mol. The number of hydrogen-bond acceptors (Lipinski definition) is 4. The van der Waals surface area contributed by atoms with E-state index in [0.29, 0.717) is 12.5 Å². The molecule has 1 saturated heterocycles. The standard InChI is InChI=1S/C6H8N4O2/c11-4-1-5(12)10(2-4)6-7-3-8-9-6/h3-4,11H,1-2H2,(H,7,8,9). The number of carbonyl (C=O) groups is 1. The molecule has 2 N–H and O–H groups in total. The number of carbonyl (C=O) groups excluding carboxylic acids is 1. The van der Waals surface area contributed by atoms with E-state index < -0.39 is 6.10 Å². The van der Waals surface area contributed by atoms with E-state index in [1.165, 1.54) is 11.2 Å². The fourth-order valence-electron chi connectivity index (χ4n) is 1.22. The van der Waals surface area contributed by atoms with Crippen LogP contribution in [-0.2, 0) is 4.79 Å². The van der Waals surface area contributed by atoms with Gasteiger partial charge in [0.15, 0.2) is 0 Å². The number of H-pyrrole nitrogens is 1. The fraction of sp³-hybridized carbons (Fsp3) is 0.500. The Morgan fingerprint density at radius 2 is 2.58 bits per heavy atom. The molecule has 1 aliphatic heterocycles. The lowest BCUT2D eigenvalue weighted by atomic mass is 10.3. The molecule has 0 aliphatic carbocycles. The first-order chi connectivity index (χ1) is 5.77. The van der Waals surface area contributed by atoms with E-state index in [1.54, 1.807) is 0 Å². The van der Waals surface area contributed by atoms with Gasteiger partial charge in [-0.3, -0.25) is 9.69 Å². The van der Waals surface area contributed by atoms with E-state index in [1.807, 2.05) is 0 Å². The Kier molecular flexibility index (Phi) is 1.54. The zero-order chi connectivity index (χ0) is 8.55. The Balaban J connectivity index is 2.21. The van der Waals surface area contributed by atoms with E-state index >= 15 is 0 Å². The van der Waals surface area contributed by atoms with Gasteiger partial charge in [0, 0.05) is 0 Å². The summed E-state index contributed by atoms with van der Waals surface area (Å²) in [6.45, 7) is 0.300. The molecule has 2 rings (SSSR count). The van der Waals surface area contributed by atoms with Crippen molar-refractivity contribution in [2.24, 2.45) is 0 Å². The Bertz CT molecular complexity index is 284. The molecule has 0 bridgehead atoms. The summed E-state index contributed by atoms with van der Waals surface area (Å²) in [5.74, 6) is 0.274. The molecule has 6 nitrogen and oxygen atoms in total. The highest BCUT2D eigenvalue weighted by Gasteiger charge is 2.30. The molecule has 1 fully saturated rings. The van der Waals surface area contributed by atoms with Crippen LogP contribution < -0.4 is 4.90 Å². The smallest absolute Gasteiger partial charge is 0.232 e. The van der Waals surface area contributed by atoms with Gasteiger partial charge in [-0.1, -0.05) is 0 Å². The number of β-amino-alcohol motifs (C(OH)–C–C–N with tert-alkyl or cyclic N) is 1.